The molecule has 1 unspecified atom stereocenters. The first-order chi connectivity index (χ1) is 18.2. The summed E-state index contributed by atoms with van der Waals surface area (Å²) in [6, 6.07) is 7.14. The Hall–Kier alpha value is -3.39. The fourth-order valence-corrected chi connectivity index (χ4v) is 7.85. The third-order valence-corrected chi connectivity index (χ3v) is 9.39. The van der Waals surface area contributed by atoms with Crippen molar-refractivity contribution in [3.8, 4) is 11.3 Å². The number of ether oxygens (including phenoxy) is 1. The smallest absolute Gasteiger partial charge is 0.339 e. The van der Waals surface area contributed by atoms with Crippen LogP contribution in [0, 0.1) is 23.2 Å². The highest BCUT2D eigenvalue weighted by molar-refractivity contribution is 6.33. The Morgan fingerprint density at radius 2 is 1.76 bits per heavy atom. The molecule has 1 N–H and O–H groups in total. The van der Waals surface area contributed by atoms with E-state index >= 15 is 0 Å². The number of nitrogens with zero attached hydrogens (tertiary/aromatic N) is 1. The molecule has 7 rings (SSSR count). The zero-order chi connectivity index (χ0) is 26.8. The molecule has 9 heteroatoms. The second-order valence-electron chi connectivity index (χ2n) is 11.3. The van der Waals surface area contributed by atoms with E-state index in [0.29, 0.717) is 29.1 Å². The monoisotopic (exact) mass is 536 g/mol. The molecule has 1 aromatic carbocycles. The predicted octanol–water partition coefficient (Wildman–Crippen LogP) is 5.45. The second kappa shape index (κ2) is 9.12. The minimum atomic E-state index is -0.744. The van der Waals surface area contributed by atoms with Crippen molar-refractivity contribution in [3.63, 3.8) is 0 Å². The van der Waals surface area contributed by atoms with Gasteiger partial charge in [0.1, 0.15) is 17.1 Å². The molecule has 5 fully saturated rings. The van der Waals surface area contributed by atoms with E-state index in [1.807, 2.05) is 6.92 Å². The number of amides is 4. The quantitative estimate of drug-likeness (QED) is 0.309. The Morgan fingerprint density at radius 3 is 2.39 bits per heavy atom. The van der Waals surface area contributed by atoms with Crippen molar-refractivity contribution in [2.45, 2.75) is 51.5 Å². The Bertz CT molecular complexity index is 1360. The van der Waals surface area contributed by atoms with Crippen LogP contribution in [-0.4, -0.2) is 41.9 Å². The molecule has 1 aromatic heterocycles. The summed E-state index contributed by atoms with van der Waals surface area (Å²) in [5.41, 5.74) is 0.536. The molecule has 1 saturated heterocycles. The lowest BCUT2D eigenvalue weighted by atomic mass is 9.47. The lowest BCUT2D eigenvalue weighted by Gasteiger charge is -2.60. The Balaban J connectivity index is 1.28. The van der Waals surface area contributed by atoms with Crippen LogP contribution in [0.3, 0.4) is 0 Å². The highest BCUT2D eigenvalue weighted by Crippen LogP contribution is 2.62. The summed E-state index contributed by atoms with van der Waals surface area (Å²) in [6.45, 7) is 1.96. The number of hydrogen-bond donors (Lipinski definition) is 1. The number of methoxy groups -OCH3 is 1. The number of imide groups is 2. The zero-order valence-electron chi connectivity index (χ0n) is 21.3. The van der Waals surface area contributed by atoms with Crippen LogP contribution in [0.15, 0.2) is 40.3 Å². The molecule has 8 nitrogen and oxygen atoms in total. The first-order valence-corrected chi connectivity index (χ1v) is 13.4. The largest absolute Gasteiger partial charge is 0.465 e. The lowest BCUT2D eigenvalue weighted by Crippen LogP contribution is -2.63. The highest BCUT2D eigenvalue weighted by atomic mass is 35.5. The second-order valence-corrected chi connectivity index (χ2v) is 11.7. The standard InChI is InChI=1S/C29H29ClN2O6/c1-15(29-12-16-7-17(13-29)9-18(8-16)14-29)32-26(34)22(25(33)31-28(32)36)11-20-4-6-24(38-20)19-3-5-23(30)21(10-19)27(35)37-2/h3-6,10-11,15-18H,7-9,12-14H2,1-2H3,(H,31,33,36)/b22-11+. The zero-order valence-corrected chi connectivity index (χ0v) is 22.0. The third-order valence-electron chi connectivity index (χ3n) is 9.06. The summed E-state index contributed by atoms with van der Waals surface area (Å²) in [5.74, 6) is 0.758. The average molecular weight is 537 g/mol. The first-order valence-electron chi connectivity index (χ1n) is 13.1. The van der Waals surface area contributed by atoms with E-state index in [1.165, 1.54) is 37.3 Å². The van der Waals surface area contributed by atoms with Gasteiger partial charge in [-0.15, -0.1) is 0 Å². The van der Waals surface area contributed by atoms with E-state index in [2.05, 4.69) is 5.32 Å². The number of esters is 1. The van der Waals surface area contributed by atoms with E-state index < -0.39 is 23.8 Å². The first kappa shape index (κ1) is 24.9. The number of urea groups is 1. The van der Waals surface area contributed by atoms with Gasteiger partial charge in [0.05, 0.1) is 17.7 Å². The van der Waals surface area contributed by atoms with Gasteiger partial charge in [-0.25, -0.2) is 9.59 Å². The topological polar surface area (TPSA) is 106 Å². The molecular formula is C29H29ClN2O6. The number of nitrogens with one attached hydrogen (secondary N) is 1. The Morgan fingerprint density at radius 1 is 1.11 bits per heavy atom. The normalized spacial score (nSPS) is 30.1. The van der Waals surface area contributed by atoms with Gasteiger partial charge in [-0.05, 0) is 105 Å². The molecule has 198 valence electrons. The Labute approximate surface area is 225 Å². The molecule has 4 bridgehead atoms. The van der Waals surface area contributed by atoms with Gasteiger partial charge in [0, 0.05) is 11.6 Å². The molecule has 1 atom stereocenters. The van der Waals surface area contributed by atoms with Crippen molar-refractivity contribution in [1.29, 1.82) is 0 Å². The van der Waals surface area contributed by atoms with Crippen LogP contribution in [-0.2, 0) is 14.3 Å². The fourth-order valence-electron chi connectivity index (χ4n) is 7.66. The number of barbiturate groups is 1. The van der Waals surface area contributed by atoms with Crippen LogP contribution < -0.4 is 5.32 Å². The fraction of sp³-hybridized carbons (Fsp3) is 0.448. The minimum Gasteiger partial charge on any atom is -0.465 e. The number of rotatable bonds is 5. The molecule has 38 heavy (non-hydrogen) atoms. The van der Waals surface area contributed by atoms with E-state index in [-0.39, 0.29) is 33.4 Å². The van der Waals surface area contributed by atoms with Gasteiger partial charge >= 0.3 is 12.0 Å². The van der Waals surface area contributed by atoms with Crippen LogP contribution in [0.25, 0.3) is 17.4 Å². The molecule has 2 heterocycles. The number of carbonyl (C=O) groups excluding carboxylic acids is 4. The van der Waals surface area contributed by atoms with Gasteiger partial charge in [0.15, 0.2) is 0 Å². The summed E-state index contributed by atoms with van der Waals surface area (Å²) in [4.78, 5) is 52.6. The van der Waals surface area contributed by atoms with Crippen molar-refractivity contribution in [2.75, 3.05) is 7.11 Å². The van der Waals surface area contributed by atoms with Crippen molar-refractivity contribution in [3.05, 3.63) is 52.3 Å². The molecule has 1 aliphatic heterocycles. The summed E-state index contributed by atoms with van der Waals surface area (Å²) < 4.78 is 10.7. The molecule has 0 spiro atoms. The van der Waals surface area contributed by atoms with E-state index in [9.17, 15) is 19.2 Å². The van der Waals surface area contributed by atoms with E-state index in [0.717, 1.165) is 19.3 Å². The predicted molar refractivity (Wildman–Crippen MR) is 139 cm³/mol. The number of halogens is 1. The maximum Gasteiger partial charge on any atom is 0.339 e. The third kappa shape index (κ3) is 4.06. The molecule has 4 aliphatic carbocycles. The van der Waals surface area contributed by atoms with Crippen molar-refractivity contribution >= 4 is 41.5 Å². The van der Waals surface area contributed by atoms with E-state index in [4.69, 9.17) is 20.8 Å². The van der Waals surface area contributed by atoms with Crippen LogP contribution in [0.1, 0.15) is 61.6 Å². The van der Waals surface area contributed by atoms with Crippen LogP contribution in [0.2, 0.25) is 5.02 Å². The Kier molecular flexibility index (Phi) is 5.98. The number of hydrogen-bond acceptors (Lipinski definition) is 6. The van der Waals surface area contributed by atoms with Gasteiger partial charge in [0.2, 0.25) is 0 Å². The van der Waals surface area contributed by atoms with Crippen molar-refractivity contribution < 1.29 is 28.3 Å². The van der Waals surface area contributed by atoms with Crippen LogP contribution in [0.4, 0.5) is 4.79 Å². The van der Waals surface area contributed by atoms with Gasteiger partial charge in [-0.3, -0.25) is 19.8 Å². The molecule has 4 amide bonds. The molecule has 4 saturated carbocycles. The molecular weight excluding hydrogens is 508 g/mol. The van der Waals surface area contributed by atoms with E-state index in [1.54, 1.807) is 30.3 Å². The minimum absolute atomic E-state index is 0.0863. The van der Waals surface area contributed by atoms with Crippen LogP contribution in [0.5, 0.6) is 0 Å². The lowest BCUT2D eigenvalue weighted by molar-refractivity contribution is -0.139. The van der Waals surface area contributed by atoms with Gasteiger partial charge in [-0.2, -0.15) is 0 Å². The number of furan rings is 1. The maximum absolute atomic E-state index is 13.6. The average Bonchev–Trinajstić information content (AvgIpc) is 3.34. The van der Waals surface area contributed by atoms with Crippen molar-refractivity contribution in [1.82, 2.24) is 10.2 Å². The maximum atomic E-state index is 13.6. The van der Waals surface area contributed by atoms with Gasteiger partial charge < -0.3 is 9.15 Å². The molecule has 5 aliphatic rings. The SMILES string of the molecule is COC(=O)c1cc(-c2ccc(/C=C3\C(=O)NC(=O)N(C(C)C45CC6CC(CC(C6)C4)C5)C3=O)o2)ccc1Cl. The highest BCUT2D eigenvalue weighted by Gasteiger charge is 2.56. The van der Waals surface area contributed by atoms with Crippen molar-refractivity contribution in [2.24, 2.45) is 23.2 Å². The number of carbonyl (C=O) groups is 4. The van der Waals surface area contributed by atoms with Crippen LogP contribution >= 0.6 is 11.6 Å². The summed E-state index contributed by atoms with van der Waals surface area (Å²) in [6.07, 6.45) is 8.22. The summed E-state index contributed by atoms with van der Waals surface area (Å²) in [5, 5.41) is 2.61. The number of benzene rings is 1. The molecule has 2 aromatic rings. The molecule has 0 radical (unpaired) electrons. The van der Waals surface area contributed by atoms with Gasteiger partial charge in [0.25, 0.3) is 11.8 Å². The summed E-state index contributed by atoms with van der Waals surface area (Å²) >= 11 is 6.12. The summed E-state index contributed by atoms with van der Waals surface area (Å²) in [7, 11) is 1.27. The van der Waals surface area contributed by atoms with Gasteiger partial charge in [-0.1, -0.05) is 11.6 Å².